The number of aryl methyl sites for hydroxylation is 2. The summed E-state index contributed by atoms with van der Waals surface area (Å²) in [6, 6.07) is 21.4. The summed E-state index contributed by atoms with van der Waals surface area (Å²) >= 11 is 0. The van der Waals surface area contributed by atoms with E-state index in [2.05, 4.69) is 60.9 Å². The van der Waals surface area contributed by atoms with Crippen molar-refractivity contribution in [3.8, 4) is 11.1 Å². The summed E-state index contributed by atoms with van der Waals surface area (Å²) in [7, 11) is 0. The first-order valence-electron chi connectivity index (χ1n) is 21.7. The summed E-state index contributed by atoms with van der Waals surface area (Å²) in [5.74, 6) is -5.39. The Labute approximate surface area is 349 Å². The molecule has 6 N–H and O–H groups in total. The topological polar surface area (TPSA) is 173 Å². The molecule has 11 heteroatoms. The van der Waals surface area contributed by atoms with Crippen LogP contribution in [0.1, 0.15) is 139 Å². The van der Waals surface area contributed by atoms with Crippen molar-refractivity contribution in [2.75, 3.05) is 0 Å². The Morgan fingerprint density at radius 3 is 1.29 bits per heavy atom. The van der Waals surface area contributed by atoms with Crippen molar-refractivity contribution in [2.24, 2.45) is 10.8 Å². The molecule has 3 aromatic rings. The highest BCUT2D eigenvalue weighted by Crippen LogP contribution is 2.43. The average molecular weight is 817 g/mol. The standard InChI is InChI=1S/C26H32FNO4.C22H33NO4/c1-2-3-4-5-6-7-18-8-11-20(12-9-18)22-13-10-19(14-23(22)27)17-28-21-15-26(16-21,24(29)30)25(31)32;1-2-3-4-5-6-7-8-9-17-10-12-18(13-11-17)16-23-19-14-22(15-19,20(24)25)21(26)27/h8-14,21,28H,2-7,15-17H2,1H3,(H,29,30)(H,31,32);10-13,19,23H,2-9,14-16H2,1H3,(H,24,25)(H,26,27). The summed E-state index contributed by atoms with van der Waals surface area (Å²) in [5, 5.41) is 43.0. The van der Waals surface area contributed by atoms with Gasteiger partial charge in [-0.1, -0.05) is 139 Å². The van der Waals surface area contributed by atoms with Crippen LogP contribution in [0.5, 0.6) is 0 Å². The zero-order valence-corrected chi connectivity index (χ0v) is 34.9. The van der Waals surface area contributed by atoms with Crippen molar-refractivity contribution in [1.29, 1.82) is 0 Å². The maximum absolute atomic E-state index is 14.7. The lowest BCUT2D eigenvalue weighted by molar-refractivity contribution is -0.175. The van der Waals surface area contributed by atoms with Crippen LogP contribution in [0.3, 0.4) is 0 Å². The Balaban J connectivity index is 0.000000265. The summed E-state index contributed by atoms with van der Waals surface area (Å²) in [5.41, 5.74) is 2.58. The second kappa shape index (κ2) is 23.3. The van der Waals surface area contributed by atoms with E-state index in [1.54, 1.807) is 6.07 Å². The Morgan fingerprint density at radius 1 is 0.525 bits per heavy atom. The third-order valence-electron chi connectivity index (χ3n) is 12.2. The highest BCUT2D eigenvalue weighted by molar-refractivity contribution is 6.00. The summed E-state index contributed by atoms with van der Waals surface area (Å²) < 4.78 is 14.7. The van der Waals surface area contributed by atoms with Gasteiger partial charge in [0.05, 0.1) is 0 Å². The van der Waals surface area contributed by atoms with Gasteiger partial charge in [0.1, 0.15) is 5.82 Å². The van der Waals surface area contributed by atoms with Crippen LogP contribution >= 0.6 is 0 Å². The van der Waals surface area contributed by atoms with Crippen LogP contribution in [-0.4, -0.2) is 56.4 Å². The van der Waals surface area contributed by atoms with Crippen LogP contribution < -0.4 is 10.6 Å². The molecule has 0 amide bonds. The molecule has 0 bridgehead atoms. The zero-order chi connectivity index (χ0) is 42.8. The van der Waals surface area contributed by atoms with Crippen LogP contribution in [0.15, 0.2) is 66.7 Å². The number of hydrogen-bond donors (Lipinski definition) is 6. The molecule has 0 atom stereocenters. The average Bonchev–Trinajstić information content (AvgIpc) is 3.17. The number of carboxylic acid groups (broad SMARTS) is 4. The van der Waals surface area contributed by atoms with Crippen LogP contribution in [0.25, 0.3) is 11.1 Å². The highest BCUT2D eigenvalue weighted by atomic mass is 19.1. The molecule has 10 nitrogen and oxygen atoms in total. The number of unbranched alkanes of at least 4 members (excludes halogenated alkanes) is 10. The van der Waals surface area contributed by atoms with Gasteiger partial charge in [-0.05, 0) is 85.3 Å². The maximum atomic E-state index is 14.7. The molecule has 0 aliphatic heterocycles. The fraction of sp³-hybridized carbons (Fsp3) is 0.542. The van der Waals surface area contributed by atoms with E-state index in [1.807, 2.05) is 18.2 Å². The van der Waals surface area contributed by atoms with E-state index < -0.39 is 34.7 Å². The first-order chi connectivity index (χ1) is 28.3. The summed E-state index contributed by atoms with van der Waals surface area (Å²) in [4.78, 5) is 44.8. The van der Waals surface area contributed by atoms with Gasteiger partial charge < -0.3 is 31.1 Å². The molecule has 2 aliphatic carbocycles. The first-order valence-corrected chi connectivity index (χ1v) is 21.7. The van der Waals surface area contributed by atoms with Crippen molar-refractivity contribution in [3.63, 3.8) is 0 Å². The predicted molar refractivity (Wildman–Crippen MR) is 228 cm³/mol. The van der Waals surface area contributed by atoms with Gasteiger partial charge in [-0.2, -0.15) is 0 Å². The van der Waals surface area contributed by atoms with Crippen LogP contribution in [-0.2, 0) is 45.1 Å². The number of hydrogen-bond acceptors (Lipinski definition) is 6. The lowest BCUT2D eigenvalue weighted by Gasteiger charge is -2.41. The molecule has 0 aromatic heterocycles. The second-order valence-electron chi connectivity index (χ2n) is 16.7. The van der Waals surface area contributed by atoms with E-state index in [4.69, 9.17) is 20.4 Å². The monoisotopic (exact) mass is 816 g/mol. The van der Waals surface area contributed by atoms with Crippen molar-refractivity contribution >= 4 is 23.9 Å². The molecular formula is C48H65FN2O8. The quantitative estimate of drug-likeness (QED) is 0.0357. The van der Waals surface area contributed by atoms with Crippen LogP contribution in [0, 0.1) is 16.6 Å². The Bertz CT molecular complexity index is 1770. The lowest BCUT2D eigenvalue weighted by atomic mass is 9.65. The molecule has 0 radical (unpaired) electrons. The third-order valence-corrected chi connectivity index (χ3v) is 12.2. The number of benzene rings is 3. The van der Waals surface area contributed by atoms with Gasteiger partial charge in [-0.15, -0.1) is 0 Å². The van der Waals surface area contributed by atoms with Crippen molar-refractivity contribution in [2.45, 2.75) is 155 Å². The number of carboxylic acids is 4. The van der Waals surface area contributed by atoms with Crippen LogP contribution in [0.4, 0.5) is 4.39 Å². The summed E-state index contributed by atoms with van der Waals surface area (Å²) in [6.07, 6.45) is 18.0. The largest absolute Gasteiger partial charge is 0.480 e. The van der Waals surface area contributed by atoms with Gasteiger partial charge in [-0.25, -0.2) is 4.39 Å². The highest BCUT2D eigenvalue weighted by Gasteiger charge is 2.57. The molecule has 2 aliphatic rings. The second-order valence-corrected chi connectivity index (χ2v) is 16.7. The minimum absolute atomic E-state index is 0.0309. The van der Waals surface area contributed by atoms with E-state index in [-0.39, 0.29) is 43.6 Å². The molecule has 0 saturated heterocycles. The molecule has 5 rings (SSSR count). The van der Waals surface area contributed by atoms with Crippen molar-refractivity contribution < 1.29 is 44.0 Å². The minimum Gasteiger partial charge on any atom is -0.480 e. The molecule has 0 heterocycles. The van der Waals surface area contributed by atoms with Gasteiger partial charge in [0.15, 0.2) is 10.8 Å². The lowest BCUT2D eigenvalue weighted by Crippen LogP contribution is -2.56. The maximum Gasteiger partial charge on any atom is 0.321 e. The van der Waals surface area contributed by atoms with Gasteiger partial charge in [0.25, 0.3) is 0 Å². The van der Waals surface area contributed by atoms with Gasteiger partial charge in [0, 0.05) is 30.7 Å². The number of aliphatic carboxylic acids is 4. The fourth-order valence-electron chi connectivity index (χ4n) is 8.05. The minimum atomic E-state index is -1.70. The van der Waals surface area contributed by atoms with Gasteiger partial charge >= 0.3 is 23.9 Å². The molecule has 2 saturated carbocycles. The Hall–Kier alpha value is -4.61. The zero-order valence-electron chi connectivity index (χ0n) is 34.9. The van der Waals surface area contributed by atoms with Crippen LogP contribution in [0.2, 0.25) is 0 Å². The molecule has 59 heavy (non-hydrogen) atoms. The molecule has 3 aromatic carbocycles. The van der Waals surface area contributed by atoms with E-state index in [1.165, 1.54) is 94.2 Å². The molecule has 2 fully saturated rings. The van der Waals surface area contributed by atoms with E-state index in [0.29, 0.717) is 18.7 Å². The van der Waals surface area contributed by atoms with E-state index >= 15 is 0 Å². The van der Waals surface area contributed by atoms with Gasteiger partial charge in [-0.3, -0.25) is 19.2 Å². The Morgan fingerprint density at radius 2 is 0.881 bits per heavy atom. The third kappa shape index (κ3) is 13.4. The number of halogens is 1. The molecule has 322 valence electrons. The fourth-order valence-corrected chi connectivity index (χ4v) is 8.05. The van der Waals surface area contributed by atoms with Gasteiger partial charge in [0.2, 0.25) is 0 Å². The smallest absolute Gasteiger partial charge is 0.321 e. The predicted octanol–water partition coefficient (Wildman–Crippen LogP) is 9.80. The van der Waals surface area contributed by atoms with Crippen molar-refractivity contribution in [3.05, 3.63) is 94.8 Å². The normalized spacial score (nSPS) is 15.6. The molecule has 0 spiro atoms. The van der Waals surface area contributed by atoms with E-state index in [0.717, 1.165) is 29.5 Å². The molecule has 0 unspecified atom stereocenters. The summed E-state index contributed by atoms with van der Waals surface area (Å²) in [6.45, 7) is 5.44. The SMILES string of the molecule is CCCCCCCCCc1ccc(CNC2CC(C(=O)O)(C(=O)O)C2)cc1.CCCCCCCc1ccc(-c2ccc(CNC3CC(C(=O)O)(C(=O)O)C3)cc2F)cc1. The van der Waals surface area contributed by atoms with E-state index in [9.17, 15) is 23.6 Å². The first kappa shape index (κ1) is 47.1. The number of rotatable bonds is 25. The molecular weight excluding hydrogens is 752 g/mol. The Kier molecular flexibility index (Phi) is 18.5. The number of carbonyl (C=O) groups is 4. The number of nitrogens with one attached hydrogen (secondary N) is 2. The van der Waals surface area contributed by atoms with Crippen molar-refractivity contribution in [1.82, 2.24) is 10.6 Å².